The van der Waals surface area contributed by atoms with E-state index in [0.717, 1.165) is 30.6 Å². The third kappa shape index (κ3) is 4.61. The minimum atomic E-state index is -3.51. The molecule has 1 heterocycles. The number of rotatable bonds is 6. The number of amides is 1. The number of carbonyl (C=O) groups excluding carboxylic acids is 1. The number of methoxy groups -OCH3 is 1. The van der Waals surface area contributed by atoms with Gasteiger partial charge in [-0.3, -0.25) is 9.69 Å². The molecule has 0 bridgehead atoms. The third-order valence-electron chi connectivity index (χ3n) is 6.27. The predicted molar refractivity (Wildman–Crippen MR) is 120 cm³/mol. The lowest BCUT2D eigenvalue weighted by atomic mass is 10.1. The lowest BCUT2D eigenvalue weighted by Gasteiger charge is -2.36. The average Bonchev–Trinajstić information content (AvgIpc) is 3.27. The number of hydrogen-bond donors (Lipinski definition) is 1. The minimum absolute atomic E-state index is 0.111. The smallest absolute Gasteiger partial charge is 0.243 e. The van der Waals surface area contributed by atoms with Gasteiger partial charge in [0.25, 0.3) is 0 Å². The highest BCUT2D eigenvalue weighted by Crippen LogP contribution is 2.27. The van der Waals surface area contributed by atoms with Crippen molar-refractivity contribution >= 4 is 21.6 Å². The maximum absolute atomic E-state index is 13.1. The van der Waals surface area contributed by atoms with Gasteiger partial charge in [-0.2, -0.15) is 4.31 Å². The Balaban J connectivity index is 1.35. The van der Waals surface area contributed by atoms with Gasteiger partial charge in [0.2, 0.25) is 15.9 Å². The number of nitrogens with zero attached hydrogens (tertiary/aromatic N) is 2. The highest BCUT2D eigenvalue weighted by molar-refractivity contribution is 7.89. The number of hydrogen-bond acceptors (Lipinski definition) is 5. The van der Waals surface area contributed by atoms with Crippen molar-refractivity contribution in [3.63, 3.8) is 0 Å². The largest absolute Gasteiger partial charge is 0.497 e. The van der Waals surface area contributed by atoms with Crippen LogP contribution in [0.25, 0.3) is 0 Å². The van der Waals surface area contributed by atoms with Crippen LogP contribution in [0.1, 0.15) is 24.5 Å². The molecule has 2 aromatic rings. The molecule has 8 heteroatoms. The summed E-state index contributed by atoms with van der Waals surface area (Å²) >= 11 is 0. The van der Waals surface area contributed by atoms with E-state index in [-0.39, 0.29) is 11.9 Å². The molecule has 1 N–H and O–H groups in total. The zero-order valence-corrected chi connectivity index (χ0v) is 18.8. The van der Waals surface area contributed by atoms with Crippen molar-refractivity contribution in [1.29, 1.82) is 0 Å². The molecule has 0 aromatic heterocycles. The lowest BCUT2D eigenvalue weighted by Crippen LogP contribution is -2.53. The van der Waals surface area contributed by atoms with Gasteiger partial charge in [0, 0.05) is 31.9 Å². The fourth-order valence-electron chi connectivity index (χ4n) is 4.28. The second kappa shape index (κ2) is 8.98. The van der Waals surface area contributed by atoms with Gasteiger partial charge in [-0.05, 0) is 73.7 Å². The summed E-state index contributed by atoms with van der Waals surface area (Å²) in [5.41, 5.74) is 3.12. The molecule has 0 radical (unpaired) electrons. The van der Waals surface area contributed by atoms with E-state index in [4.69, 9.17) is 4.74 Å². The first-order valence-corrected chi connectivity index (χ1v) is 12.1. The number of nitrogens with one attached hydrogen (secondary N) is 1. The van der Waals surface area contributed by atoms with Crippen LogP contribution in [0.3, 0.4) is 0 Å². The topological polar surface area (TPSA) is 79.0 Å². The van der Waals surface area contributed by atoms with Crippen LogP contribution in [0.2, 0.25) is 0 Å². The summed E-state index contributed by atoms with van der Waals surface area (Å²) in [5.74, 6) is 0.617. The fourth-order valence-corrected chi connectivity index (χ4v) is 5.75. The number of anilines is 1. The molecule has 0 spiro atoms. The molecule has 2 aliphatic rings. The number of piperazine rings is 1. The van der Waals surface area contributed by atoms with E-state index in [1.165, 1.54) is 9.87 Å². The molecule has 7 nitrogen and oxygen atoms in total. The van der Waals surface area contributed by atoms with Gasteiger partial charge in [-0.25, -0.2) is 8.42 Å². The van der Waals surface area contributed by atoms with E-state index in [1.807, 2.05) is 24.0 Å². The summed E-state index contributed by atoms with van der Waals surface area (Å²) < 4.78 is 32.9. The van der Waals surface area contributed by atoms with Gasteiger partial charge in [0.15, 0.2) is 0 Å². The van der Waals surface area contributed by atoms with E-state index in [0.29, 0.717) is 36.8 Å². The van der Waals surface area contributed by atoms with Crippen LogP contribution in [-0.2, 0) is 27.7 Å². The van der Waals surface area contributed by atoms with Crippen LogP contribution in [0.4, 0.5) is 5.69 Å². The summed E-state index contributed by atoms with van der Waals surface area (Å²) in [6, 6.07) is 12.4. The molecule has 1 atom stereocenters. The fraction of sp³-hybridized carbons (Fsp3) is 0.435. The van der Waals surface area contributed by atoms with Gasteiger partial charge in [0.1, 0.15) is 5.75 Å². The standard InChI is InChI=1S/C23H29N3O4S/c1-17(23(27)24-20-7-9-21(30-2)10-8-20)25-12-14-26(15-13-25)31(28,29)22-11-6-18-4-3-5-19(18)16-22/h6-11,16-17H,3-5,12-15H2,1-2H3,(H,24,27). The molecular weight excluding hydrogens is 414 g/mol. The van der Waals surface area contributed by atoms with Crippen LogP contribution in [0, 0.1) is 0 Å². The molecule has 1 fully saturated rings. The molecule has 31 heavy (non-hydrogen) atoms. The summed E-state index contributed by atoms with van der Waals surface area (Å²) in [5, 5.41) is 2.91. The van der Waals surface area contributed by atoms with Crippen LogP contribution >= 0.6 is 0 Å². The molecule has 166 valence electrons. The van der Waals surface area contributed by atoms with Crippen molar-refractivity contribution in [1.82, 2.24) is 9.21 Å². The van der Waals surface area contributed by atoms with E-state index in [1.54, 1.807) is 37.4 Å². The highest BCUT2D eigenvalue weighted by atomic mass is 32.2. The normalized spacial score (nSPS) is 18.4. The first-order valence-electron chi connectivity index (χ1n) is 10.7. The van der Waals surface area contributed by atoms with Crippen molar-refractivity contribution < 1.29 is 17.9 Å². The molecule has 0 saturated carbocycles. The first-order chi connectivity index (χ1) is 14.9. The number of sulfonamides is 1. The molecule has 1 amide bonds. The summed E-state index contributed by atoms with van der Waals surface area (Å²) in [7, 11) is -1.92. The average molecular weight is 444 g/mol. The summed E-state index contributed by atoms with van der Waals surface area (Å²) in [4.78, 5) is 15.1. The zero-order valence-electron chi connectivity index (χ0n) is 18.0. The van der Waals surface area contributed by atoms with Crippen molar-refractivity contribution in [3.8, 4) is 5.75 Å². The SMILES string of the molecule is COc1ccc(NC(=O)C(C)N2CCN(S(=O)(=O)c3ccc4c(c3)CCC4)CC2)cc1. The maximum atomic E-state index is 13.1. The highest BCUT2D eigenvalue weighted by Gasteiger charge is 2.32. The Morgan fingerprint density at radius 2 is 1.68 bits per heavy atom. The van der Waals surface area contributed by atoms with Crippen LogP contribution in [-0.4, -0.2) is 62.9 Å². The van der Waals surface area contributed by atoms with Gasteiger partial charge < -0.3 is 10.1 Å². The van der Waals surface area contributed by atoms with E-state index < -0.39 is 10.0 Å². The second-order valence-corrected chi connectivity index (χ2v) is 10.1. The van der Waals surface area contributed by atoms with Crippen molar-refractivity contribution in [2.45, 2.75) is 37.1 Å². The summed E-state index contributed by atoms with van der Waals surface area (Å²) in [6.07, 6.45) is 3.08. The number of fused-ring (bicyclic) bond motifs is 1. The van der Waals surface area contributed by atoms with Crippen molar-refractivity contribution in [3.05, 3.63) is 53.6 Å². The van der Waals surface area contributed by atoms with Gasteiger partial charge in [0.05, 0.1) is 18.0 Å². The van der Waals surface area contributed by atoms with Crippen LogP contribution in [0.15, 0.2) is 47.4 Å². The molecule has 1 saturated heterocycles. The Bertz CT molecular complexity index is 1040. The van der Waals surface area contributed by atoms with Gasteiger partial charge in [-0.1, -0.05) is 6.07 Å². The Kier molecular flexibility index (Phi) is 6.31. The number of aryl methyl sites for hydroxylation is 2. The Hall–Kier alpha value is -2.42. The van der Waals surface area contributed by atoms with E-state index in [2.05, 4.69) is 5.32 Å². The van der Waals surface area contributed by atoms with Gasteiger partial charge in [-0.15, -0.1) is 0 Å². The van der Waals surface area contributed by atoms with Crippen molar-refractivity contribution in [2.24, 2.45) is 0 Å². The quantitative estimate of drug-likeness (QED) is 0.742. The minimum Gasteiger partial charge on any atom is -0.497 e. The zero-order chi connectivity index (χ0) is 22.0. The molecule has 2 aromatic carbocycles. The predicted octanol–water partition coefficient (Wildman–Crippen LogP) is 2.52. The van der Waals surface area contributed by atoms with Crippen molar-refractivity contribution in [2.75, 3.05) is 38.6 Å². The molecule has 1 aliphatic heterocycles. The van der Waals surface area contributed by atoms with E-state index >= 15 is 0 Å². The first kappa shape index (κ1) is 21.8. The Morgan fingerprint density at radius 3 is 2.35 bits per heavy atom. The summed E-state index contributed by atoms with van der Waals surface area (Å²) in [6.45, 7) is 3.63. The maximum Gasteiger partial charge on any atom is 0.243 e. The second-order valence-electron chi connectivity index (χ2n) is 8.12. The molecule has 4 rings (SSSR count). The third-order valence-corrected chi connectivity index (χ3v) is 8.16. The molecular formula is C23H29N3O4S. The number of benzene rings is 2. The molecule has 1 aliphatic carbocycles. The Morgan fingerprint density at radius 1 is 1.00 bits per heavy atom. The monoisotopic (exact) mass is 443 g/mol. The Labute approximate surface area is 184 Å². The molecule has 1 unspecified atom stereocenters. The van der Waals surface area contributed by atoms with Crippen LogP contribution < -0.4 is 10.1 Å². The number of carbonyl (C=O) groups is 1. The van der Waals surface area contributed by atoms with E-state index in [9.17, 15) is 13.2 Å². The number of ether oxygens (including phenoxy) is 1. The van der Waals surface area contributed by atoms with Crippen LogP contribution in [0.5, 0.6) is 5.75 Å². The lowest BCUT2D eigenvalue weighted by molar-refractivity contribution is -0.121. The van der Waals surface area contributed by atoms with Gasteiger partial charge >= 0.3 is 0 Å².